The number of methoxy groups -OCH3 is 2. The second kappa shape index (κ2) is 9.05. The summed E-state index contributed by atoms with van der Waals surface area (Å²) in [6.45, 7) is 2.89. The van der Waals surface area contributed by atoms with Crippen LogP contribution < -0.4 is 14.8 Å². The van der Waals surface area contributed by atoms with E-state index < -0.39 is 0 Å². The first-order valence-electron chi connectivity index (χ1n) is 7.41. The number of hydrogen-bond acceptors (Lipinski definition) is 5. The van der Waals surface area contributed by atoms with Crippen LogP contribution in [0.5, 0.6) is 11.5 Å². The smallest absolute Gasteiger partial charge is 0.261 e. The van der Waals surface area contributed by atoms with E-state index in [4.69, 9.17) is 14.2 Å². The van der Waals surface area contributed by atoms with Crippen LogP contribution in [-0.4, -0.2) is 33.3 Å². The summed E-state index contributed by atoms with van der Waals surface area (Å²) < 4.78 is 16.9. The average Bonchev–Trinajstić information content (AvgIpc) is 3.01. The number of carbonyl (C=O) groups excluding carboxylic acids is 1. The molecular weight excluding hydrogens is 394 g/mol. The summed E-state index contributed by atoms with van der Waals surface area (Å²) in [5.41, 5.74) is 0.940. The molecule has 0 fully saturated rings. The van der Waals surface area contributed by atoms with Crippen molar-refractivity contribution in [3.05, 3.63) is 44.6 Å². The Kier molecular flexibility index (Phi) is 7.08. The van der Waals surface area contributed by atoms with E-state index in [1.165, 1.54) is 11.3 Å². The van der Waals surface area contributed by atoms with Gasteiger partial charge in [-0.3, -0.25) is 4.79 Å². The van der Waals surface area contributed by atoms with E-state index in [0.717, 1.165) is 9.35 Å². The Balaban J connectivity index is 2.06. The molecule has 0 saturated carbocycles. The maximum atomic E-state index is 12.2. The summed E-state index contributed by atoms with van der Waals surface area (Å²) >= 11 is 4.77. The monoisotopic (exact) mass is 413 g/mol. The van der Waals surface area contributed by atoms with Crippen molar-refractivity contribution in [1.82, 2.24) is 5.32 Å². The van der Waals surface area contributed by atoms with Gasteiger partial charge in [0.1, 0.15) is 6.61 Å². The van der Waals surface area contributed by atoms with Crippen LogP contribution in [0.1, 0.15) is 28.2 Å². The molecule has 1 amide bonds. The van der Waals surface area contributed by atoms with Gasteiger partial charge < -0.3 is 19.5 Å². The van der Waals surface area contributed by atoms with Crippen LogP contribution in [0.2, 0.25) is 0 Å². The van der Waals surface area contributed by atoms with Gasteiger partial charge in [0.05, 0.1) is 28.4 Å². The molecule has 0 aliphatic rings. The van der Waals surface area contributed by atoms with Crippen molar-refractivity contribution in [1.29, 1.82) is 0 Å². The van der Waals surface area contributed by atoms with E-state index in [9.17, 15) is 4.79 Å². The average molecular weight is 414 g/mol. The highest BCUT2D eigenvalue weighted by Crippen LogP contribution is 2.30. The van der Waals surface area contributed by atoms with Crippen LogP contribution in [0.4, 0.5) is 0 Å². The molecule has 130 valence electrons. The van der Waals surface area contributed by atoms with Crippen molar-refractivity contribution in [2.24, 2.45) is 0 Å². The van der Waals surface area contributed by atoms with E-state index in [1.807, 2.05) is 31.2 Å². The lowest BCUT2D eigenvalue weighted by Gasteiger charge is -2.17. The third-order valence-electron chi connectivity index (χ3n) is 3.38. The van der Waals surface area contributed by atoms with Crippen LogP contribution in [0.3, 0.4) is 0 Å². The fourth-order valence-corrected chi connectivity index (χ4v) is 3.38. The fourth-order valence-electron chi connectivity index (χ4n) is 2.10. The highest BCUT2D eigenvalue weighted by Gasteiger charge is 2.15. The molecule has 1 heterocycles. The second-order valence-electron chi connectivity index (χ2n) is 5.05. The Morgan fingerprint density at radius 1 is 1.21 bits per heavy atom. The zero-order chi connectivity index (χ0) is 17.5. The SMILES string of the molecule is COCCOc1ccc(C(C)NC(=O)c2ccc(Br)s2)cc1OC. The minimum Gasteiger partial charge on any atom is -0.493 e. The first-order chi connectivity index (χ1) is 11.5. The highest BCUT2D eigenvalue weighted by molar-refractivity contribution is 9.11. The standard InChI is InChI=1S/C17H20BrNO4S/c1-11(19-17(20)15-6-7-16(18)24-15)12-4-5-13(14(10-12)22-3)23-9-8-21-2/h4-7,10-11H,8-9H2,1-3H3,(H,19,20). The molecule has 0 aliphatic heterocycles. The van der Waals surface area contributed by atoms with Gasteiger partial charge in [-0.15, -0.1) is 11.3 Å². The van der Waals surface area contributed by atoms with E-state index >= 15 is 0 Å². The molecule has 0 aliphatic carbocycles. The van der Waals surface area contributed by atoms with E-state index in [-0.39, 0.29) is 11.9 Å². The lowest BCUT2D eigenvalue weighted by atomic mass is 10.1. The molecule has 0 saturated heterocycles. The largest absolute Gasteiger partial charge is 0.493 e. The number of ether oxygens (including phenoxy) is 3. The molecule has 0 radical (unpaired) electrons. The predicted octanol–water partition coefficient (Wildman–Crippen LogP) is 4.04. The van der Waals surface area contributed by atoms with Gasteiger partial charge in [0.2, 0.25) is 0 Å². The van der Waals surface area contributed by atoms with Crippen LogP contribution in [0, 0.1) is 0 Å². The number of amides is 1. The Morgan fingerprint density at radius 3 is 2.62 bits per heavy atom. The molecule has 1 atom stereocenters. The van der Waals surface area contributed by atoms with Crippen molar-refractivity contribution in [3.63, 3.8) is 0 Å². The Hall–Kier alpha value is -1.57. The van der Waals surface area contributed by atoms with E-state index in [0.29, 0.717) is 29.6 Å². The molecule has 1 aromatic heterocycles. The lowest BCUT2D eigenvalue weighted by molar-refractivity contribution is 0.0944. The molecule has 24 heavy (non-hydrogen) atoms. The normalized spacial score (nSPS) is 11.8. The number of halogens is 1. The first-order valence-corrected chi connectivity index (χ1v) is 9.02. The minimum absolute atomic E-state index is 0.0995. The molecular formula is C17H20BrNO4S. The molecule has 1 aromatic carbocycles. The summed E-state index contributed by atoms with van der Waals surface area (Å²) in [4.78, 5) is 12.9. The number of hydrogen-bond donors (Lipinski definition) is 1. The Morgan fingerprint density at radius 2 is 2.00 bits per heavy atom. The number of thiophene rings is 1. The zero-order valence-electron chi connectivity index (χ0n) is 13.8. The lowest BCUT2D eigenvalue weighted by Crippen LogP contribution is -2.25. The van der Waals surface area contributed by atoms with Crippen LogP contribution in [0.15, 0.2) is 34.1 Å². The quantitative estimate of drug-likeness (QED) is 0.663. The predicted molar refractivity (Wildman–Crippen MR) is 98.3 cm³/mol. The molecule has 0 spiro atoms. The summed E-state index contributed by atoms with van der Waals surface area (Å²) in [5.74, 6) is 1.18. The topological polar surface area (TPSA) is 56.8 Å². The van der Waals surface area contributed by atoms with Crippen LogP contribution >= 0.6 is 27.3 Å². The molecule has 7 heteroatoms. The molecule has 2 aromatic rings. The van der Waals surface area contributed by atoms with Crippen LogP contribution in [0.25, 0.3) is 0 Å². The fraction of sp³-hybridized carbons (Fsp3) is 0.353. The van der Waals surface area contributed by atoms with Gasteiger partial charge in [0.15, 0.2) is 11.5 Å². The van der Waals surface area contributed by atoms with Gasteiger partial charge in [-0.05, 0) is 52.7 Å². The number of rotatable bonds is 8. The van der Waals surface area contributed by atoms with Crippen molar-refractivity contribution in [2.75, 3.05) is 27.4 Å². The summed E-state index contributed by atoms with van der Waals surface area (Å²) in [6.07, 6.45) is 0. The Bertz CT molecular complexity index is 689. The van der Waals surface area contributed by atoms with Crippen molar-refractivity contribution in [3.8, 4) is 11.5 Å². The minimum atomic E-state index is -0.152. The highest BCUT2D eigenvalue weighted by atomic mass is 79.9. The molecule has 1 unspecified atom stereocenters. The third-order valence-corrected chi connectivity index (χ3v) is 5.00. The van der Waals surface area contributed by atoms with Gasteiger partial charge in [0, 0.05) is 7.11 Å². The van der Waals surface area contributed by atoms with E-state index in [1.54, 1.807) is 20.3 Å². The number of carbonyl (C=O) groups is 1. The van der Waals surface area contributed by atoms with Crippen molar-refractivity contribution >= 4 is 33.2 Å². The molecule has 0 bridgehead atoms. The maximum absolute atomic E-state index is 12.2. The van der Waals surface area contributed by atoms with E-state index in [2.05, 4.69) is 21.2 Å². The van der Waals surface area contributed by atoms with Gasteiger partial charge in [-0.1, -0.05) is 6.07 Å². The third kappa shape index (κ3) is 4.96. The summed E-state index contributed by atoms with van der Waals surface area (Å²) in [6, 6.07) is 9.13. The number of benzene rings is 1. The Labute approximate surface area is 154 Å². The number of nitrogens with one attached hydrogen (secondary N) is 1. The molecule has 2 rings (SSSR count). The van der Waals surface area contributed by atoms with Gasteiger partial charge in [0.25, 0.3) is 5.91 Å². The maximum Gasteiger partial charge on any atom is 0.261 e. The molecule has 5 nitrogen and oxygen atoms in total. The first kappa shape index (κ1) is 18.8. The summed E-state index contributed by atoms with van der Waals surface area (Å²) in [7, 11) is 3.22. The second-order valence-corrected chi connectivity index (χ2v) is 7.51. The van der Waals surface area contributed by atoms with Gasteiger partial charge >= 0.3 is 0 Å². The molecule has 1 N–H and O–H groups in total. The van der Waals surface area contributed by atoms with Crippen LogP contribution in [-0.2, 0) is 4.74 Å². The van der Waals surface area contributed by atoms with Crippen molar-refractivity contribution < 1.29 is 19.0 Å². The zero-order valence-corrected chi connectivity index (χ0v) is 16.2. The summed E-state index contributed by atoms with van der Waals surface area (Å²) in [5, 5.41) is 2.98. The van der Waals surface area contributed by atoms with Gasteiger partial charge in [-0.25, -0.2) is 0 Å². The van der Waals surface area contributed by atoms with Crippen molar-refractivity contribution in [2.45, 2.75) is 13.0 Å². The van der Waals surface area contributed by atoms with Gasteiger partial charge in [-0.2, -0.15) is 0 Å².